The number of rotatable bonds is 4. The van der Waals surface area contributed by atoms with Gasteiger partial charge in [0, 0.05) is 0 Å². The molecule has 0 aliphatic rings. The zero-order valence-corrected chi connectivity index (χ0v) is 17.4. The molecule has 2 N–H and O–H groups in total. The van der Waals surface area contributed by atoms with Crippen molar-refractivity contribution in [2.45, 2.75) is 9.79 Å². The molecule has 3 aromatic carbocycles. The Balaban J connectivity index is 1.79. The van der Waals surface area contributed by atoms with Crippen molar-refractivity contribution in [1.29, 1.82) is 0 Å². The van der Waals surface area contributed by atoms with Crippen molar-refractivity contribution in [2.75, 3.05) is 5.73 Å². The van der Waals surface area contributed by atoms with Gasteiger partial charge in [0.1, 0.15) is 22.0 Å². The number of benzene rings is 3. The predicted molar refractivity (Wildman–Crippen MR) is 121 cm³/mol. The molecule has 158 valence electrons. The maximum atomic E-state index is 13.5. The first-order valence-corrected chi connectivity index (χ1v) is 11.1. The molecule has 0 aliphatic carbocycles. The minimum atomic E-state index is -4.00. The van der Waals surface area contributed by atoms with E-state index in [1.165, 1.54) is 35.2 Å². The molecule has 0 saturated carbocycles. The molecule has 9 heteroatoms. The molecule has 0 unspecified atom stereocenters. The maximum absolute atomic E-state index is 13.5. The highest BCUT2D eigenvalue weighted by Gasteiger charge is 2.30. The Morgan fingerprint density at radius 2 is 1.50 bits per heavy atom. The molecule has 0 bridgehead atoms. The van der Waals surface area contributed by atoms with Crippen molar-refractivity contribution >= 4 is 44.1 Å². The lowest BCUT2D eigenvalue weighted by Crippen LogP contribution is -2.06. The van der Waals surface area contributed by atoms with Crippen LogP contribution in [0.15, 0.2) is 93.8 Å². The number of anilines is 1. The van der Waals surface area contributed by atoms with Crippen molar-refractivity contribution in [3.05, 3.63) is 90.2 Å². The summed E-state index contributed by atoms with van der Waals surface area (Å²) < 4.78 is 41.4. The van der Waals surface area contributed by atoms with Crippen LogP contribution in [0.2, 0.25) is 0 Å². The topological polar surface area (TPSA) is 103 Å². The number of nitrogen functional groups attached to an aromatic ring is 1. The zero-order valence-electron chi connectivity index (χ0n) is 16.6. The van der Waals surface area contributed by atoms with Gasteiger partial charge >= 0.3 is 0 Å². The summed E-state index contributed by atoms with van der Waals surface area (Å²) in [4.78, 5) is 9.05. The second-order valence-corrected chi connectivity index (χ2v) is 8.91. The van der Waals surface area contributed by atoms with Crippen molar-refractivity contribution in [3.8, 4) is 0 Å². The van der Waals surface area contributed by atoms with E-state index >= 15 is 0 Å². The fraction of sp³-hybridized carbons (Fsp3) is 0. The summed E-state index contributed by atoms with van der Waals surface area (Å²) in [6.45, 7) is 0. The molecule has 0 spiro atoms. The molecule has 0 saturated heterocycles. The highest BCUT2D eigenvalue weighted by atomic mass is 32.2. The largest absolute Gasteiger partial charge is 0.382 e. The highest BCUT2D eigenvalue weighted by molar-refractivity contribution is 7.92. The fourth-order valence-corrected chi connectivity index (χ4v) is 4.90. The van der Waals surface area contributed by atoms with Crippen LogP contribution in [0.3, 0.4) is 0 Å². The summed E-state index contributed by atoms with van der Waals surface area (Å²) in [7, 11) is -4.00. The third-order valence-electron chi connectivity index (χ3n) is 4.94. The standard InChI is InChI=1S/C23H16FN5O2S/c24-16-12-10-15(11-13-16)14-26-29-22(25)21(32(30,31)17-6-2-1-3-7-17)20-23(29)28-19-9-5-4-8-18(19)27-20/h1-14H,25H2/b26-14+. The summed E-state index contributed by atoms with van der Waals surface area (Å²) in [5.41, 5.74) is 8.36. The van der Waals surface area contributed by atoms with Gasteiger partial charge in [-0.05, 0) is 42.0 Å². The summed E-state index contributed by atoms with van der Waals surface area (Å²) in [5.74, 6) is -0.487. The van der Waals surface area contributed by atoms with Crippen LogP contribution in [-0.4, -0.2) is 29.3 Å². The first-order chi connectivity index (χ1) is 15.4. The van der Waals surface area contributed by atoms with Crippen LogP contribution < -0.4 is 5.73 Å². The van der Waals surface area contributed by atoms with E-state index < -0.39 is 9.84 Å². The third kappa shape index (κ3) is 3.28. The highest BCUT2D eigenvalue weighted by Crippen LogP contribution is 2.35. The van der Waals surface area contributed by atoms with Gasteiger partial charge in [0.2, 0.25) is 9.84 Å². The van der Waals surface area contributed by atoms with Crippen LogP contribution in [0.4, 0.5) is 10.2 Å². The molecular formula is C23H16FN5O2S. The van der Waals surface area contributed by atoms with Crippen molar-refractivity contribution in [2.24, 2.45) is 5.10 Å². The van der Waals surface area contributed by atoms with E-state index in [0.29, 0.717) is 16.6 Å². The van der Waals surface area contributed by atoms with Gasteiger partial charge in [-0.2, -0.15) is 9.78 Å². The van der Waals surface area contributed by atoms with Crippen molar-refractivity contribution < 1.29 is 12.8 Å². The van der Waals surface area contributed by atoms with E-state index in [4.69, 9.17) is 5.73 Å². The first-order valence-electron chi connectivity index (χ1n) is 9.62. The molecule has 5 rings (SSSR count). The Morgan fingerprint density at radius 1 is 0.875 bits per heavy atom. The van der Waals surface area contributed by atoms with Crippen LogP contribution in [-0.2, 0) is 9.84 Å². The third-order valence-corrected chi connectivity index (χ3v) is 6.78. The van der Waals surface area contributed by atoms with Gasteiger partial charge in [0.05, 0.1) is 22.1 Å². The lowest BCUT2D eigenvalue weighted by atomic mass is 10.2. The second kappa shape index (κ2) is 7.54. The second-order valence-electron chi connectivity index (χ2n) is 7.02. The number of para-hydroxylation sites is 2. The molecule has 32 heavy (non-hydrogen) atoms. The predicted octanol–water partition coefficient (Wildman–Crippen LogP) is 4.02. The Hall–Kier alpha value is -4.11. The van der Waals surface area contributed by atoms with Gasteiger partial charge in [-0.15, -0.1) is 0 Å². The van der Waals surface area contributed by atoms with Crippen molar-refractivity contribution in [3.63, 3.8) is 0 Å². The Labute approximate surface area is 182 Å². The summed E-state index contributed by atoms with van der Waals surface area (Å²) in [6, 6.07) is 20.8. The Morgan fingerprint density at radius 3 is 2.19 bits per heavy atom. The van der Waals surface area contributed by atoms with Crippen molar-refractivity contribution in [1.82, 2.24) is 14.6 Å². The average molecular weight is 445 g/mol. The average Bonchev–Trinajstić information content (AvgIpc) is 3.08. The number of nitrogens with two attached hydrogens (primary N) is 1. The molecule has 2 heterocycles. The molecule has 7 nitrogen and oxygen atoms in total. The quantitative estimate of drug-likeness (QED) is 0.421. The van der Waals surface area contributed by atoms with Crippen LogP contribution in [0.5, 0.6) is 0 Å². The number of fused-ring (bicyclic) bond motifs is 2. The zero-order chi connectivity index (χ0) is 22.3. The fourth-order valence-electron chi connectivity index (χ4n) is 3.39. The summed E-state index contributed by atoms with van der Waals surface area (Å²) in [6.07, 6.45) is 1.45. The number of aromatic nitrogens is 3. The van der Waals surface area contributed by atoms with E-state index in [2.05, 4.69) is 15.1 Å². The maximum Gasteiger partial charge on any atom is 0.212 e. The number of sulfone groups is 1. The van der Waals surface area contributed by atoms with Crippen LogP contribution in [0, 0.1) is 5.82 Å². The smallest absolute Gasteiger partial charge is 0.212 e. The van der Waals surface area contributed by atoms with Gasteiger partial charge < -0.3 is 5.73 Å². The molecule has 0 radical (unpaired) electrons. The van der Waals surface area contributed by atoms with Gasteiger partial charge in [0.25, 0.3) is 0 Å². The molecule has 0 aliphatic heterocycles. The van der Waals surface area contributed by atoms with E-state index in [-0.39, 0.29) is 32.6 Å². The molecule has 0 atom stereocenters. The van der Waals surface area contributed by atoms with E-state index in [1.54, 1.807) is 48.5 Å². The van der Waals surface area contributed by atoms with Crippen LogP contribution >= 0.6 is 0 Å². The van der Waals surface area contributed by atoms with E-state index in [0.717, 1.165) is 0 Å². The molecule has 0 fully saturated rings. The normalized spacial score (nSPS) is 12.2. The van der Waals surface area contributed by atoms with Gasteiger partial charge in [-0.1, -0.05) is 42.5 Å². The van der Waals surface area contributed by atoms with Crippen LogP contribution in [0.25, 0.3) is 22.2 Å². The first kappa shape index (κ1) is 19.8. The SMILES string of the molecule is Nc1c(S(=O)(=O)c2ccccc2)c2nc3ccccc3nc2n1/N=C/c1ccc(F)cc1. The monoisotopic (exact) mass is 445 g/mol. The number of nitrogens with zero attached hydrogens (tertiary/aromatic N) is 4. The number of hydrogen-bond donors (Lipinski definition) is 1. The van der Waals surface area contributed by atoms with E-state index in [9.17, 15) is 12.8 Å². The molecule has 0 amide bonds. The lowest BCUT2D eigenvalue weighted by molar-refractivity contribution is 0.597. The summed E-state index contributed by atoms with van der Waals surface area (Å²) >= 11 is 0. The van der Waals surface area contributed by atoms with E-state index in [1.807, 2.05) is 6.07 Å². The minimum Gasteiger partial charge on any atom is -0.382 e. The van der Waals surface area contributed by atoms with Gasteiger partial charge in [0.15, 0.2) is 5.65 Å². The van der Waals surface area contributed by atoms with Gasteiger partial charge in [-0.3, -0.25) is 0 Å². The van der Waals surface area contributed by atoms with Crippen LogP contribution in [0.1, 0.15) is 5.56 Å². The lowest BCUT2D eigenvalue weighted by Gasteiger charge is -2.04. The molecule has 2 aromatic heterocycles. The Kier molecular flexibility index (Phi) is 4.67. The molecular weight excluding hydrogens is 429 g/mol. The van der Waals surface area contributed by atoms with Gasteiger partial charge in [-0.25, -0.2) is 22.8 Å². The molecule has 5 aromatic rings. The summed E-state index contributed by atoms with van der Waals surface area (Å²) in [5, 5.41) is 4.35. The Bertz CT molecular complexity index is 1600. The minimum absolute atomic E-state index is 0.0863. The number of halogens is 1. The number of hydrogen-bond acceptors (Lipinski definition) is 6.